The number of sulfonamides is 1. The maximum atomic E-state index is 11.5. The van der Waals surface area contributed by atoms with Gasteiger partial charge in [-0.1, -0.05) is 23.7 Å². The summed E-state index contributed by atoms with van der Waals surface area (Å²) in [7, 11) is -3.81. The Kier molecular flexibility index (Phi) is 5.49. The quantitative estimate of drug-likeness (QED) is 0.717. The van der Waals surface area contributed by atoms with E-state index < -0.39 is 28.6 Å². The molecule has 6 nitrogen and oxygen atoms in total. The van der Waals surface area contributed by atoms with E-state index in [-0.39, 0.29) is 0 Å². The minimum atomic E-state index is -3.81. The van der Waals surface area contributed by atoms with Crippen molar-refractivity contribution in [3.8, 4) is 0 Å². The molecule has 0 heterocycles. The maximum Gasteiger partial charge on any atom is 0.333 e. The minimum absolute atomic E-state index is 0.530. The molecular formula is C11H12ClNO5S. The first-order valence-electron chi connectivity index (χ1n) is 5.14. The molecule has 1 aromatic carbocycles. The summed E-state index contributed by atoms with van der Waals surface area (Å²) >= 11 is 5.68. The molecule has 0 aliphatic carbocycles. The van der Waals surface area contributed by atoms with Gasteiger partial charge in [-0.3, -0.25) is 0 Å². The second-order valence-corrected chi connectivity index (χ2v) is 5.69. The highest BCUT2D eigenvalue weighted by molar-refractivity contribution is 7.92. The lowest BCUT2D eigenvalue weighted by Crippen LogP contribution is -2.35. The highest BCUT2D eigenvalue weighted by Gasteiger charge is 2.15. The number of hydrogen-bond donors (Lipinski definition) is 3. The Morgan fingerprint density at radius 1 is 1.37 bits per heavy atom. The van der Waals surface area contributed by atoms with Gasteiger partial charge >= 0.3 is 5.97 Å². The van der Waals surface area contributed by atoms with Gasteiger partial charge in [0.25, 0.3) is 0 Å². The number of aliphatic carboxylic acids is 1. The number of halogens is 1. The lowest BCUT2D eigenvalue weighted by atomic mass is 10.2. The number of aliphatic hydroxyl groups is 1. The fraction of sp³-hybridized carbons (Fsp3) is 0.182. The molecule has 1 unspecified atom stereocenters. The van der Waals surface area contributed by atoms with Crippen LogP contribution in [0.25, 0.3) is 6.08 Å². The molecule has 1 aromatic rings. The SMILES string of the molecule is O=C(O)C(O)CNS(=O)(=O)C=Cc1ccc(Cl)cc1. The molecule has 19 heavy (non-hydrogen) atoms. The number of carboxylic acids is 1. The summed E-state index contributed by atoms with van der Waals surface area (Å²) in [6, 6.07) is 6.46. The number of benzene rings is 1. The van der Waals surface area contributed by atoms with Crippen molar-refractivity contribution in [3.63, 3.8) is 0 Å². The fourth-order valence-electron chi connectivity index (χ4n) is 1.07. The zero-order chi connectivity index (χ0) is 14.5. The predicted molar refractivity (Wildman–Crippen MR) is 71.1 cm³/mol. The molecule has 0 saturated carbocycles. The average molecular weight is 306 g/mol. The molecule has 0 saturated heterocycles. The van der Waals surface area contributed by atoms with E-state index in [0.717, 1.165) is 5.41 Å². The molecule has 3 N–H and O–H groups in total. The molecular weight excluding hydrogens is 294 g/mol. The van der Waals surface area contributed by atoms with E-state index in [1.807, 2.05) is 4.72 Å². The van der Waals surface area contributed by atoms with Gasteiger partial charge in [0.2, 0.25) is 10.0 Å². The Bertz CT molecular complexity index is 567. The largest absolute Gasteiger partial charge is 0.479 e. The number of nitrogens with one attached hydrogen (secondary N) is 1. The number of hydrogen-bond acceptors (Lipinski definition) is 4. The Morgan fingerprint density at radius 3 is 2.47 bits per heavy atom. The first-order valence-corrected chi connectivity index (χ1v) is 7.07. The highest BCUT2D eigenvalue weighted by atomic mass is 35.5. The van der Waals surface area contributed by atoms with Gasteiger partial charge < -0.3 is 10.2 Å². The van der Waals surface area contributed by atoms with E-state index in [9.17, 15) is 13.2 Å². The van der Waals surface area contributed by atoms with Crippen molar-refractivity contribution < 1.29 is 23.4 Å². The van der Waals surface area contributed by atoms with Crippen molar-refractivity contribution >= 4 is 33.7 Å². The van der Waals surface area contributed by atoms with Crippen molar-refractivity contribution in [1.29, 1.82) is 0 Å². The number of carboxylic acid groups (broad SMARTS) is 1. The third kappa shape index (κ3) is 5.84. The molecule has 0 aliphatic rings. The monoisotopic (exact) mass is 305 g/mol. The fourth-order valence-corrected chi connectivity index (χ4v) is 2.02. The highest BCUT2D eigenvalue weighted by Crippen LogP contribution is 2.11. The molecule has 1 atom stereocenters. The van der Waals surface area contributed by atoms with Crippen LogP contribution < -0.4 is 4.72 Å². The van der Waals surface area contributed by atoms with Crippen LogP contribution in [0.2, 0.25) is 5.02 Å². The number of carbonyl (C=O) groups is 1. The lowest BCUT2D eigenvalue weighted by molar-refractivity contribution is -0.146. The molecule has 0 amide bonds. The Hall–Kier alpha value is -1.41. The molecule has 1 rings (SSSR count). The standard InChI is InChI=1S/C11H12ClNO5S/c12-9-3-1-8(2-4-9)5-6-19(17,18)13-7-10(14)11(15)16/h1-6,10,13-14H,7H2,(H,15,16). The van der Waals surface area contributed by atoms with Crippen molar-refractivity contribution in [3.05, 3.63) is 40.3 Å². The smallest absolute Gasteiger partial charge is 0.333 e. The molecule has 8 heteroatoms. The van der Waals surface area contributed by atoms with Crippen LogP contribution in [0.5, 0.6) is 0 Å². The van der Waals surface area contributed by atoms with Gasteiger partial charge in [-0.25, -0.2) is 17.9 Å². The first kappa shape index (κ1) is 15.6. The summed E-state index contributed by atoms with van der Waals surface area (Å²) in [5.41, 5.74) is 0.619. The van der Waals surface area contributed by atoms with E-state index in [2.05, 4.69) is 0 Å². The van der Waals surface area contributed by atoms with Crippen LogP contribution in [0.4, 0.5) is 0 Å². The van der Waals surface area contributed by atoms with Gasteiger partial charge in [0.15, 0.2) is 6.10 Å². The zero-order valence-corrected chi connectivity index (χ0v) is 11.2. The zero-order valence-electron chi connectivity index (χ0n) is 9.65. The third-order valence-electron chi connectivity index (χ3n) is 2.07. The topological polar surface area (TPSA) is 104 Å². The van der Waals surface area contributed by atoms with E-state index in [1.54, 1.807) is 24.3 Å². The molecule has 104 valence electrons. The van der Waals surface area contributed by atoms with E-state index in [1.165, 1.54) is 6.08 Å². The lowest BCUT2D eigenvalue weighted by Gasteiger charge is -2.05. The summed E-state index contributed by atoms with van der Waals surface area (Å²) in [6.07, 6.45) is -0.454. The van der Waals surface area contributed by atoms with Crippen LogP contribution >= 0.6 is 11.6 Å². The Balaban J connectivity index is 2.64. The van der Waals surface area contributed by atoms with Crippen LogP contribution in [0.15, 0.2) is 29.7 Å². The van der Waals surface area contributed by atoms with Crippen molar-refractivity contribution in [1.82, 2.24) is 4.72 Å². The van der Waals surface area contributed by atoms with Crippen LogP contribution in [0.1, 0.15) is 5.56 Å². The van der Waals surface area contributed by atoms with Crippen molar-refractivity contribution in [2.75, 3.05) is 6.54 Å². The number of rotatable bonds is 6. The normalized spacial score (nSPS) is 13.6. The first-order chi connectivity index (χ1) is 8.80. The van der Waals surface area contributed by atoms with E-state index in [0.29, 0.717) is 10.6 Å². The second kappa shape index (κ2) is 6.67. The second-order valence-electron chi connectivity index (χ2n) is 3.60. The van der Waals surface area contributed by atoms with Crippen LogP contribution in [0.3, 0.4) is 0 Å². The van der Waals surface area contributed by atoms with Gasteiger partial charge in [0, 0.05) is 17.0 Å². The molecule has 0 aromatic heterocycles. The van der Waals surface area contributed by atoms with Gasteiger partial charge in [0.05, 0.1) is 0 Å². The molecule has 0 bridgehead atoms. The summed E-state index contributed by atoms with van der Waals surface area (Å²) < 4.78 is 24.9. The van der Waals surface area contributed by atoms with E-state index in [4.69, 9.17) is 21.8 Å². The summed E-state index contributed by atoms with van der Waals surface area (Å²) in [4.78, 5) is 10.3. The minimum Gasteiger partial charge on any atom is -0.479 e. The van der Waals surface area contributed by atoms with Crippen LogP contribution in [-0.4, -0.2) is 37.2 Å². The van der Waals surface area contributed by atoms with E-state index >= 15 is 0 Å². The summed E-state index contributed by atoms with van der Waals surface area (Å²) in [5, 5.41) is 18.7. The Labute approximate surface area is 115 Å². The van der Waals surface area contributed by atoms with Gasteiger partial charge in [-0.05, 0) is 23.8 Å². The predicted octanol–water partition coefficient (Wildman–Crippen LogP) is 0.676. The van der Waals surface area contributed by atoms with Gasteiger partial charge in [-0.15, -0.1) is 0 Å². The molecule has 0 radical (unpaired) electrons. The average Bonchev–Trinajstić information content (AvgIpc) is 2.35. The summed E-state index contributed by atoms with van der Waals surface area (Å²) in [6.45, 7) is -0.595. The maximum absolute atomic E-state index is 11.5. The van der Waals surface area contributed by atoms with Gasteiger partial charge in [-0.2, -0.15) is 0 Å². The third-order valence-corrected chi connectivity index (χ3v) is 3.39. The summed E-state index contributed by atoms with van der Waals surface area (Å²) in [5.74, 6) is -1.50. The number of aliphatic hydroxyl groups excluding tert-OH is 1. The van der Waals surface area contributed by atoms with Gasteiger partial charge in [0.1, 0.15) is 0 Å². The Morgan fingerprint density at radius 2 is 1.95 bits per heavy atom. The van der Waals surface area contributed by atoms with Crippen molar-refractivity contribution in [2.45, 2.75) is 6.10 Å². The van der Waals surface area contributed by atoms with Crippen LogP contribution in [-0.2, 0) is 14.8 Å². The molecule has 0 aliphatic heterocycles. The molecule has 0 spiro atoms. The molecule has 0 fully saturated rings. The van der Waals surface area contributed by atoms with Crippen LogP contribution in [0, 0.1) is 0 Å². The van der Waals surface area contributed by atoms with Crippen molar-refractivity contribution in [2.24, 2.45) is 0 Å².